The molecule has 1 aliphatic rings. The Bertz CT molecular complexity index is 1140. The van der Waals surface area contributed by atoms with Crippen LogP contribution in [-0.4, -0.2) is 54.4 Å². The minimum Gasteiger partial charge on any atom is -0.492 e. The Kier molecular flexibility index (Phi) is 10.8. The highest BCUT2D eigenvalue weighted by Gasteiger charge is 2.23. The molecule has 2 N–H and O–H groups in total. The molecule has 1 amide bonds. The number of rotatable bonds is 10. The molecule has 0 aliphatic carbocycles. The largest absolute Gasteiger partial charge is 0.492 e. The van der Waals surface area contributed by atoms with Gasteiger partial charge in [0.2, 0.25) is 0 Å². The number of carboxylic acid groups (broad SMARTS) is 1. The lowest BCUT2D eigenvalue weighted by Gasteiger charge is -2.31. The van der Waals surface area contributed by atoms with E-state index in [1.54, 1.807) is 0 Å². The number of hydrogen-bond acceptors (Lipinski definition) is 5. The summed E-state index contributed by atoms with van der Waals surface area (Å²) >= 11 is 0. The molecule has 0 radical (unpaired) electrons. The zero-order valence-corrected chi connectivity index (χ0v) is 21.5. The molecule has 37 heavy (non-hydrogen) atoms. The number of carbonyl (C=O) groups excluding carboxylic acids is 1. The van der Waals surface area contributed by atoms with Crippen LogP contribution in [0.25, 0.3) is 11.1 Å². The first-order valence-electron chi connectivity index (χ1n) is 12.3. The quantitative estimate of drug-likeness (QED) is 0.344. The predicted octanol–water partition coefficient (Wildman–Crippen LogP) is 5.88. The van der Waals surface area contributed by atoms with Gasteiger partial charge in [0.15, 0.2) is 0 Å². The molecule has 4 rings (SSSR count). The number of amides is 1. The molecule has 0 saturated carbocycles. The number of piperidine rings is 1. The van der Waals surface area contributed by atoms with E-state index in [4.69, 9.17) is 14.6 Å². The number of nitrogens with zero attached hydrogens (tertiary/aromatic N) is 1. The number of ether oxygens (including phenoxy) is 2. The third-order valence-electron chi connectivity index (χ3n) is 6.26. The highest BCUT2D eigenvalue weighted by Crippen LogP contribution is 2.30. The fourth-order valence-corrected chi connectivity index (χ4v) is 4.32. The third-order valence-corrected chi connectivity index (χ3v) is 6.26. The molecule has 8 heteroatoms. The van der Waals surface area contributed by atoms with E-state index in [0.717, 1.165) is 54.9 Å². The van der Waals surface area contributed by atoms with Crippen molar-refractivity contribution in [3.05, 3.63) is 84.4 Å². The van der Waals surface area contributed by atoms with Crippen molar-refractivity contribution in [2.75, 3.05) is 31.6 Å². The topological polar surface area (TPSA) is 88.1 Å². The van der Waals surface area contributed by atoms with Crippen LogP contribution in [0.3, 0.4) is 0 Å². The van der Waals surface area contributed by atoms with Crippen LogP contribution in [0.1, 0.15) is 24.8 Å². The second kappa shape index (κ2) is 14.3. The lowest BCUT2D eigenvalue weighted by atomic mass is 9.99. The molecule has 196 valence electrons. The van der Waals surface area contributed by atoms with Crippen molar-refractivity contribution >= 4 is 30.2 Å². The van der Waals surface area contributed by atoms with Gasteiger partial charge in [-0.1, -0.05) is 60.7 Å². The monoisotopic (exact) mass is 524 g/mol. The van der Waals surface area contributed by atoms with E-state index in [9.17, 15) is 9.59 Å². The van der Waals surface area contributed by atoms with Crippen LogP contribution in [0.15, 0.2) is 78.9 Å². The molecule has 0 bridgehead atoms. The van der Waals surface area contributed by atoms with Gasteiger partial charge in [-0.15, -0.1) is 12.4 Å². The summed E-state index contributed by atoms with van der Waals surface area (Å²) < 4.78 is 11.5. The van der Waals surface area contributed by atoms with Gasteiger partial charge >= 0.3 is 12.1 Å². The number of anilines is 1. The summed E-state index contributed by atoms with van der Waals surface area (Å²) in [5, 5.41) is 11.9. The van der Waals surface area contributed by atoms with Crippen LogP contribution >= 0.6 is 12.4 Å². The van der Waals surface area contributed by atoms with Crippen molar-refractivity contribution in [1.29, 1.82) is 0 Å². The van der Waals surface area contributed by atoms with Gasteiger partial charge in [-0.3, -0.25) is 15.0 Å². The SMILES string of the molecule is Cl.O=C(O)CCc1ccc(-c2ccccc2)c(NC(=O)OC2CCN(CCOc3ccccc3)CC2)c1. The molecule has 0 atom stereocenters. The maximum atomic E-state index is 12.8. The number of halogens is 1. The predicted molar refractivity (Wildman–Crippen MR) is 147 cm³/mol. The van der Waals surface area contributed by atoms with E-state index in [0.29, 0.717) is 18.7 Å². The highest BCUT2D eigenvalue weighted by molar-refractivity contribution is 5.92. The molecule has 1 fully saturated rings. The molecule has 3 aromatic carbocycles. The van der Waals surface area contributed by atoms with E-state index in [-0.39, 0.29) is 24.9 Å². The molecule has 7 nitrogen and oxygen atoms in total. The molecule has 1 aliphatic heterocycles. The fourth-order valence-electron chi connectivity index (χ4n) is 4.32. The van der Waals surface area contributed by atoms with Gasteiger partial charge in [-0.25, -0.2) is 4.79 Å². The molecule has 1 heterocycles. The summed E-state index contributed by atoms with van der Waals surface area (Å²) in [5.41, 5.74) is 3.28. The van der Waals surface area contributed by atoms with Crippen LogP contribution in [0, 0.1) is 0 Å². The van der Waals surface area contributed by atoms with Crippen molar-refractivity contribution in [3.8, 4) is 16.9 Å². The first-order valence-corrected chi connectivity index (χ1v) is 12.3. The minimum absolute atomic E-state index is 0. The molecule has 3 aromatic rings. The lowest BCUT2D eigenvalue weighted by molar-refractivity contribution is -0.136. The van der Waals surface area contributed by atoms with Crippen LogP contribution in [0.4, 0.5) is 10.5 Å². The van der Waals surface area contributed by atoms with E-state index in [2.05, 4.69) is 10.2 Å². The average Bonchev–Trinajstić information content (AvgIpc) is 2.90. The fraction of sp³-hybridized carbons (Fsp3) is 0.310. The van der Waals surface area contributed by atoms with Gasteiger partial charge in [-0.05, 0) is 48.6 Å². The average molecular weight is 525 g/mol. The maximum absolute atomic E-state index is 12.8. The second-order valence-corrected chi connectivity index (χ2v) is 8.87. The standard InChI is InChI=1S/C29H32N2O5.ClH/c32-28(33)14-12-22-11-13-26(23-7-3-1-4-8-23)27(21-22)30-29(34)36-25-15-17-31(18-16-25)19-20-35-24-9-5-2-6-10-24;/h1-11,13,21,25H,12,14-20H2,(H,30,34)(H,32,33);1H. The zero-order chi connectivity index (χ0) is 25.2. The summed E-state index contributed by atoms with van der Waals surface area (Å²) in [6.45, 7) is 3.14. The molecular weight excluding hydrogens is 492 g/mol. The Morgan fingerprint density at radius 3 is 2.30 bits per heavy atom. The number of carboxylic acids is 1. The van der Waals surface area contributed by atoms with Gasteiger partial charge < -0.3 is 14.6 Å². The lowest BCUT2D eigenvalue weighted by Crippen LogP contribution is -2.40. The number of aliphatic carboxylic acids is 1. The number of likely N-dealkylation sites (tertiary alicyclic amines) is 1. The summed E-state index contributed by atoms with van der Waals surface area (Å²) in [5.74, 6) is 0.0170. The maximum Gasteiger partial charge on any atom is 0.411 e. The van der Waals surface area contributed by atoms with E-state index in [1.165, 1.54) is 0 Å². The molecule has 0 unspecified atom stereocenters. The van der Waals surface area contributed by atoms with Gasteiger partial charge in [0, 0.05) is 31.6 Å². The Hall–Kier alpha value is -3.55. The summed E-state index contributed by atoms with van der Waals surface area (Å²) in [7, 11) is 0. The molecule has 1 saturated heterocycles. The number of carbonyl (C=O) groups is 2. The number of para-hydroxylation sites is 1. The molecule has 0 aromatic heterocycles. The van der Waals surface area contributed by atoms with E-state index >= 15 is 0 Å². The third kappa shape index (κ3) is 8.81. The van der Waals surface area contributed by atoms with Crippen LogP contribution in [0.5, 0.6) is 5.75 Å². The van der Waals surface area contributed by atoms with Gasteiger partial charge in [0.05, 0.1) is 5.69 Å². The zero-order valence-electron chi connectivity index (χ0n) is 20.7. The van der Waals surface area contributed by atoms with E-state index in [1.807, 2.05) is 78.9 Å². The second-order valence-electron chi connectivity index (χ2n) is 8.87. The number of nitrogens with one attached hydrogen (secondary N) is 1. The first-order chi connectivity index (χ1) is 17.6. The Morgan fingerprint density at radius 2 is 1.62 bits per heavy atom. The Morgan fingerprint density at radius 1 is 0.946 bits per heavy atom. The van der Waals surface area contributed by atoms with Crippen LogP contribution in [-0.2, 0) is 16.0 Å². The van der Waals surface area contributed by atoms with Crippen molar-refractivity contribution in [1.82, 2.24) is 4.90 Å². The van der Waals surface area contributed by atoms with Gasteiger partial charge in [0.1, 0.15) is 18.5 Å². The molecular formula is C29H33ClN2O5. The van der Waals surface area contributed by atoms with Crippen LogP contribution in [0.2, 0.25) is 0 Å². The summed E-state index contributed by atoms with van der Waals surface area (Å²) in [4.78, 5) is 26.1. The normalized spacial score (nSPS) is 13.8. The Labute approximate surface area is 223 Å². The molecule has 0 spiro atoms. The summed E-state index contributed by atoms with van der Waals surface area (Å²) in [6.07, 6.45) is 1.32. The van der Waals surface area contributed by atoms with E-state index < -0.39 is 12.1 Å². The summed E-state index contributed by atoms with van der Waals surface area (Å²) in [6, 6.07) is 25.2. The van der Waals surface area contributed by atoms with Gasteiger partial charge in [0.25, 0.3) is 0 Å². The highest BCUT2D eigenvalue weighted by atomic mass is 35.5. The Balaban J connectivity index is 0.00000380. The van der Waals surface area contributed by atoms with Crippen molar-refractivity contribution in [3.63, 3.8) is 0 Å². The minimum atomic E-state index is -0.853. The smallest absolute Gasteiger partial charge is 0.411 e. The number of aryl methyl sites for hydroxylation is 1. The van der Waals surface area contributed by atoms with Gasteiger partial charge in [-0.2, -0.15) is 0 Å². The van der Waals surface area contributed by atoms with Crippen molar-refractivity contribution in [2.24, 2.45) is 0 Å². The number of hydrogen-bond donors (Lipinski definition) is 2. The van der Waals surface area contributed by atoms with Crippen molar-refractivity contribution in [2.45, 2.75) is 31.8 Å². The number of benzene rings is 3. The van der Waals surface area contributed by atoms with Crippen molar-refractivity contribution < 1.29 is 24.2 Å². The first kappa shape index (κ1) is 28.0. The van der Waals surface area contributed by atoms with Crippen LogP contribution < -0.4 is 10.1 Å².